The third-order valence-corrected chi connectivity index (χ3v) is 3.08. The van der Waals surface area contributed by atoms with Crippen molar-refractivity contribution in [3.05, 3.63) is 34.9 Å². The third kappa shape index (κ3) is 2.97. The molecule has 2 N–H and O–H groups in total. The fraction of sp³-hybridized carbons (Fsp3) is 0.333. The zero-order valence-electron chi connectivity index (χ0n) is 9.02. The predicted octanol–water partition coefficient (Wildman–Crippen LogP) is 1.68. The molecule has 0 aromatic heterocycles. The van der Waals surface area contributed by atoms with Crippen molar-refractivity contribution in [2.24, 2.45) is 11.8 Å². The van der Waals surface area contributed by atoms with E-state index in [2.05, 4.69) is 5.32 Å². The van der Waals surface area contributed by atoms with Crippen molar-refractivity contribution in [2.45, 2.75) is 13.0 Å². The largest absolute Gasteiger partial charge is 0.481 e. The highest BCUT2D eigenvalue weighted by Gasteiger charge is 2.48. The van der Waals surface area contributed by atoms with E-state index in [1.165, 1.54) is 0 Å². The number of hydrogen-bond acceptors (Lipinski definition) is 2. The van der Waals surface area contributed by atoms with Crippen LogP contribution in [0.2, 0.25) is 5.02 Å². The van der Waals surface area contributed by atoms with Crippen LogP contribution in [-0.4, -0.2) is 17.0 Å². The normalized spacial score (nSPS) is 21.9. The number of carbonyl (C=O) groups is 2. The van der Waals surface area contributed by atoms with Gasteiger partial charge in [-0.15, -0.1) is 0 Å². The van der Waals surface area contributed by atoms with Crippen LogP contribution in [0.4, 0.5) is 0 Å². The van der Waals surface area contributed by atoms with E-state index in [1.54, 1.807) is 12.1 Å². The number of carboxylic acid groups (broad SMARTS) is 1. The maximum atomic E-state index is 11.6. The number of hydrogen-bond donors (Lipinski definition) is 2. The van der Waals surface area contributed by atoms with Crippen LogP contribution in [0.1, 0.15) is 12.0 Å². The molecule has 0 heterocycles. The molecule has 4 nitrogen and oxygen atoms in total. The molecule has 0 bridgehead atoms. The van der Waals surface area contributed by atoms with Gasteiger partial charge in [0.05, 0.1) is 11.8 Å². The molecule has 1 aliphatic rings. The lowest BCUT2D eigenvalue weighted by Crippen LogP contribution is -2.25. The summed E-state index contributed by atoms with van der Waals surface area (Å²) in [5, 5.41) is 12.1. The molecule has 0 spiro atoms. The Balaban J connectivity index is 1.81. The molecular weight excluding hydrogens is 242 g/mol. The number of carbonyl (C=O) groups excluding carboxylic acids is 1. The van der Waals surface area contributed by atoms with E-state index in [0.29, 0.717) is 18.0 Å². The first-order valence-electron chi connectivity index (χ1n) is 5.33. The minimum Gasteiger partial charge on any atom is -0.481 e. The summed E-state index contributed by atoms with van der Waals surface area (Å²) in [6, 6.07) is 7.15. The zero-order valence-corrected chi connectivity index (χ0v) is 9.78. The monoisotopic (exact) mass is 253 g/mol. The molecule has 17 heavy (non-hydrogen) atoms. The van der Waals surface area contributed by atoms with Gasteiger partial charge in [0.2, 0.25) is 5.91 Å². The lowest BCUT2D eigenvalue weighted by Gasteiger charge is -2.04. The second kappa shape index (κ2) is 4.75. The van der Waals surface area contributed by atoms with Gasteiger partial charge in [-0.05, 0) is 24.1 Å². The molecule has 5 heteroatoms. The van der Waals surface area contributed by atoms with Crippen LogP contribution in [-0.2, 0) is 16.1 Å². The van der Waals surface area contributed by atoms with Crippen molar-refractivity contribution in [2.75, 3.05) is 0 Å². The van der Waals surface area contributed by atoms with Crippen molar-refractivity contribution in [1.29, 1.82) is 0 Å². The van der Waals surface area contributed by atoms with E-state index in [4.69, 9.17) is 16.7 Å². The molecular formula is C12H12ClNO3. The summed E-state index contributed by atoms with van der Waals surface area (Å²) in [6.07, 6.45) is 0.446. The van der Waals surface area contributed by atoms with Crippen molar-refractivity contribution in [1.82, 2.24) is 5.32 Å². The quantitative estimate of drug-likeness (QED) is 0.858. The summed E-state index contributed by atoms with van der Waals surface area (Å²) < 4.78 is 0. The lowest BCUT2D eigenvalue weighted by atomic mass is 10.2. The first-order valence-corrected chi connectivity index (χ1v) is 5.70. The highest BCUT2D eigenvalue weighted by atomic mass is 35.5. The van der Waals surface area contributed by atoms with Crippen LogP contribution < -0.4 is 5.32 Å². The molecule has 1 aromatic carbocycles. The van der Waals surface area contributed by atoms with Crippen LogP contribution in [0.3, 0.4) is 0 Å². The average Bonchev–Trinajstić information content (AvgIpc) is 3.08. The maximum Gasteiger partial charge on any atom is 0.307 e. The van der Waals surface area contributed by atoms with Gasteiger partial charge in [-0.3, -0.25) is 9.59 Å². The van der Waals surface area contributed by atoms with Crippen molar-refractivity contribution >= 4 is 23.5 Å². The van der Waals surface area contributed by atoms with Gasteiger partial charge in [0, 0.05) is 11.6 Å². The number of rotatable bonds is 4. The number of carboxylic acids is 1. The van der Waals surface area contributed by atoms with E-state index >= 15 is 0 Å². The summed E-state index contributed by atoms with van der Waals surface area (Å²) in [5.74, 6) is -1.94. The molecule has 1 amide bonds. The molecule has 0 radical (unpaired) electrons. The molecule has 0 aliphatic heterocycles. The van der Waals surface area contributed by atoms with Gasteiger partial charge in [0.15, 0.2) is 0 Å². The highest BCUT2D eigenvalue weighted by molar-refractivity contribution is 6.30. The number of amides is 1. The molecule has 1 aromatic rings. The Kier molecular flexibility index (Phi) is 3.33. The fourth-order valence-electron chi connectivity index (χ4n) is 1.68. The van der Waals surface area contributed by atoms with Gasteiger partial charge in [0.1, 0.15) is 0 Å². The van der Waals surface area contributed by atoms with Crippen molar-refractivity contribution in [3.8, 4) is 0 Å². The lowest BCUT2D eigenvalue weighted by molar-refractivity contribution is -0.140. The van der Waals surface area contributed by atoms with Gasteiger partial charge in [-0.1, -0.05) is 23.7 Å². The first-order chi connectivity index (χ1) is 8.08. The van der Waals surface area contributed by atoms with E-state index in [9.17, 15) is 9.59 Å². The highest BCUT2D eigenvalue weighted by Crippen LogP contribution is 2.38. The molecule has 1 saturated carbocycles. The summed E-state index contributed by atoms with van der Waals surface area (Å²) in [7, 11) is 0. The van der Waals surface area contributed by atoms with Gasteiger partial charge >= 0.3 is 5.97 Å². The number of halogens is 1. The van der Waals surface area contributed by atoms with Crippen LogP contribution in [0, 0.1) is 11.8 Å². The van der Waals surface area contributed by atoms with Crippen LogP contribution in [0.25, 0.3) is 0 Å². The number of benzene rings is 1. The van der Waals surface area contributed by atoms with Gasteiger partial charge in [-0.2, -0.15) is 0 Å². The Bertz CT molecular complexity index is 444. The predicted molar refractivity (Wildman–Crippen MR) is 62.5 cm³/mol. The molecule has 1 aliphatic carbocycles. The van der Waals surface area contributed by atoms with E-state index < -0.39 is 11.9 Å². The Labute approximate surface area is 104 Å². The topological polar surface area (TPSA) is 66.4 Å². The van der Waals surface area contributed by atoms with Crippen molar-refractivity contribution < 1.29 is 14.7 Å². The van der Waals surface area contributed by atoms with Crippen LogP contribution in [0.15, 0.2) is 24.3 Å². The summed E-state index contributed by atoms with van der Waals surface area (Å²) in [5.41, 5.74) is 0.940. The third-order valence-electron chi connectivity index (χ3n) is 2.82. The van der Waals surface area contributed by atoms with Crippen molar-refractivity contribution in [3.63, 3.8) is 0 Å². The van der Waals surface area contributed by atoms with Gasteiger partial charge < -0.3 is 10.4 Å². The molecule has 0 unspecified atom stereocenters. The van der Waals surface area contributed by atoms with Gasteiger partial charge in [-0.25, -0.2) is 0 Å². The smallest absolute Gasteiger partial charge is 0.307 e. The zero-order chi connectivity index (χ0) is 12.4. The maximum absolute atomic E-state index is 11.6. The summed E-state index contributed by atoms with van der Waals surface area (Å²) in [4.78, 5) is 22.2. The average molecular weight is 254 g/mol. The SMILES string of the molecule is O=C(NCc1ccc(Cl)cc1)[C@H]1C[C@H]1C(=O)O. The van der Waals surface area contributed by atoms with E-state index in [1.807, 2.05) is 12.1 Å². The Hall–Kier alpha value is -1.55. The standard InChI is InChI=1S/C12H12ClNO3/c13-8-3-1-7(2-4-8)6-14-11(15)9-5-10(9)12(16)17/h1-4,9-10H,5-6H2,(H,14,15)(H,16,17)/t9-,10+/m0/s1. The van der Waals surface area contributed by atoms with Crippen LogP contribution >= 0.6 is 11.6 Å². The molecule has 90 valence electrons. The first kappa shape index (κ1) is 11.9. The second-order valence-electron chi connectivity index (χ2n) is 4.13. The van der Waals surface area contributed by atoms with Crippen LogP contribution in [0.5, 0.6) is 0 Å². The Morgan fingerprint density at radius 2 is 1.94 bits per heavy atom. The number of aliphatic carboxylic acids is 1. The molecule has 1 fully saturated rings. The Morgan fingerprint density at radius 1 is 1.29 bits per heavy atom. The molecule has 0 saturated heterocycles. The van der Waals surface area contributed by atoms with Gasteiger partial charge in [0.25, 0.3) is 0 Å². The number of nitrogens with one attached hydrogen (secondary N) is 1. The molecule has 2 atom stereocenters. The summed E-state index contributed by atoms with van der Waals surface area (Å²) >= 11 is 5.74. The minimum atomic E-state index is -0.892. The minimum absolute atomic E-state index is 0.188. The fourth-order valence-corrected chi connectivity index (χ4v) is 1.81. The van der Waals surface area contributed by atoms with E-state index in [-0.39, 0.29) is 11.8 Å². The molecule has 2 rings (SSSR count). The van der Waals surface area contributed by atoms with E-state index in [0.717, 1.165) is 5.56 Å². The second-order valence-corrected chi connectivity index (χ2v) is 4.57. The Morgan fingerprint density at radius 3 is 2.47 bits per heavy atom. The summed E-state index contributed by atoms with van der Waals surface area (Å²) in [6.45, 7) is 0.402.